The van der Waals surface area contributed by atoms with Gasteiger partial charge in [0.25, 0.3) is 0 Å². The number of benzene rings is 1. The predicted molar refractivity (Wildman–Crippen MR) is 68.7 cm³/mol. The molecule has 0 aliphatic rings. The third-order valence-corrected chi connectivity index (χ3v) is 2.90. The summed E-state index contributed by atoms with van der Waals surface area (Å²) in [4.78, 5) is 6.43. The first-order valence-electron chi connectivity index (χ1n) is 5.50. The minimum absolute atomic E-state index is 0.248. The number of rotatable bonds is 2. The molecule has 3 nitrogen and oxygen atoms in total. The molecule has 0 bridgehead atoms. The summed E-state index contributed by atoms with van der Waals surface area (Å²) in [5, 5.41) is 0.824. The van der Waals surface area contributed by atoms with E-state index in [0.717, 1.165) is 27.8 Å². The number of fused-ring (bicyclic) bond motifs is 1. The molecule has 90 valence electrons. The molecule has 0 saturated carbocycles. The van der Waals surface area contributed by atoms with Crippen LogP contribution < -0.4 is 10.6 Å². The molecular weight excluding hydrogens is 217 g/mol. The normalized spacial score (nSPS) is 10.9. The van der Waals surface area contributed by atoms with E-state index >= 15 is 0 Å². The summed E-state index contributed by atoms with van der Waals surface area (Å²) in [6.07, 6.45) is 0. The third kappa shape index (κ3) is 1.96. The van der Waals surface area contributed by atoms with Gasteiger partial charge in [-0.2, -0.15) is 0 Å². The zero-order valence-electron chi connectivity index (χ0n) is 10.3. The van der Waals surface area contributed by atoms with Crippen LogP contribution in [0, 0.1) is 12.7 Å². The number of pyridine rings is 1. The molecule has 0 radical (unpaired) electrons. The van der Waals surface area contributed by atoms with E-state index in [0.29, 0.717) is 6.54 Å². The van der Waals surface area contributed by atoms with E-state index in [1.807, 2.05) is 25.9 Å². The van der Waals surface area contributed by atoms with Crippen molar-refractivity contribution < 1.29 is 4.39 Å². The van der Waals surface area contributed by atoms with Crippen molar-refractivity contribution in [3.63, 3.8) is 0 Å². The summed E-state index contributed by atoms with van der Waals surface area (Å²) < 4.78 is 13.3. The first-order valence-corrected chi connectivity index (χ1v) is 5.50. The highest BCUT2D eigenvalue weighted by atomic mass is 19.1. The van der Waals surface area contributed by atoms with Crippen LogP contribution in [-0.4, -0.2) is 19.1 Å². The molecule has 0 fully saturated rings. The smallest absolute Gasteiger partial charge is 0.124 e. The SMILES string of the molecule is Cc1c(CN)nc2ccc(F)cc2c1N(C)C. The Bertz CT molecular complexity index is 564. The minimum atomic E-state index is -0.248. The Hall–Kier alpha value is -1.68. The lowest BCUT2D eigenvalue weighted by Gasteiger charge is -2.20. The largest absolute Gasteiger partial charge is 0.377 e. The van der Waals surface area contributed by atoms with E-state index in [-0.39, 0.29) is 5.82 Å². The fourth-order valence-electron chi connectivity index (χ4n) is 2.14. The average molecular weight is 233 g/mol. The molecule has 4 heteroatoms. The Balaban J connectivity index is 2.87. The second-order valence-electron chi connectivity index (χ2n) is 4.29. The lowest BCUT2D eigenvalue weighted by Crippen LogP contribution is -2.14. The lowest BCUT2D eigenvalue weighted by atomic mass is 10.1. The quantitative estimate of drug-likeness (QED) is 0.864. The van der Waals surface area contributed by atoms with E-state index in [2.05, 4.69) is 4.98 Å². The van der Waals surface area contributed by atoms with Crippen LogP contribution in [0.15, 0.2) is 18.2 Å². The number of anilines is 1. The van der Waals surface area contributed by atoms with Gasteiger partial charge in [0.05, 0.1) is 16.9 Å². The molecule has 2 rings (SSSR count). The Morgan fingerprint density at radius 3 is 2.65 bits per heavy atom. The minimum Gasteiger partial charge on any atom is -0.377 e. The molecule has 0 spiro atoms. The van der Waals surface area contributed by atoms with Crippen LogP contribution in [0.5, 0.6) is 0 Å². The Kier molecular flexibility index (Phi) is 2.98. The van der Waals surface area contributed by atoms with Gasteiger partial charge in [-0.15, -0.1) is 0 Å². The van der Waals surface area contributed by atoms with Crippen LogP contribution in [0.2, 0.25) is 0 Å². The van der Waals surface area contributed by atoms with Crippen LogP contribution >= 0.6 is 0 Å². The van der Waals surface area contributed by atoms with Crippen molar-refractivity contribution in [1.82, 2.24) is 4.98 Å². The highest BCUT2D eigenvalue weighted by Gasteiger charge is 2.12. The molecule has 0 aliphatic heterocycles. The summed E-state index contributed by atoms with van der Waals surface area (Å²) in [5.41, 5.74) is 9.31. The molecule has 17 heavy (non-hydrogen) atoms. The molecule has 0 saturated heterocycles. The number of hydrogen-bond donors (Lipinski definition) is 1. The standard InChI is InChI=1S/C13H16FN3/c1-8-12(7-15)16-11-5-4-9(14)6-10(11)13(8)17(2)3/h4-6H,7,15H2,1-3H3. The Labute approximate surface area is 100 Å². The zero-order chi connectivity index (χ0) is 12.6. The van der Waals surface area contributed by atoms with E-state index < -0.39 is 0 Å². The molecule has 2 N–H and O–H groups in total. The second-order valence-corrected chi connectivity index (χ2v) is 4.29. The van der Waals surface area contributed by atoms with Gasteiger partial charge in [-0.25, -0.2) is 4.39 Å². The zero-order valence-corrected chi connectivity index (χ0v) is 10.3. The topological polar surface area (TPSA) is 42.1 Å². The molecule has 0 atom stereocenters. The number of hydrogen-bond acceptors (Lipinski definition) is 3. The fraction of sp³-hybridized carbons (Fsp3) is 0.308. The Morgan fingerprint density at radius 1 is 1.35 bits per heavy atom. The van der Waals surface area contributed by atoms with E-state index in [4.69, 9.17) is 5.73 Å². The van der Waals surface area contributed by atoms with Crippen LogP contribution in [0.25, 0.3) is 10.9 Å². The van der Waals surface area contributed by atoms with Gasteiger partial charge in [0.1, 0.15) is 5.82 Å². The van der Waals surface area contributed by atoms with Crippen molar-refractivity contribution in [1.29, 1.82) is 0 Å². The average Bonchev–Trinajstić information content (AvgIpc) is 2.27. The monoisotopic (exact) mass is 233 g/mol. The fourth-order valence-corrected chi connectivity index (χ4v) is 2.14. The van der Waals surface area contributed by atoms with Gasteiger partial charge in [-0.05, 0) is 30.7 Å². The first kappa shape index (κ1) is 11.8. The molecular formula is C13H16FN3. The van der Waals surface area contributed by atoms with Crippen LogP contribution in [-0.2, 0) is 6.54 Å². The maximum absolute atomic E-state index is 13.3. The molecule has 1 aromatic heterocycles. The number of halogens is 1. The predicted octanol–water partition coefficient (Wildman–Crippen LogP) is 2.21. The molecule has 0 unspecified atom stereocenters. The molecule has 0 amide bonds. The molecule has 2 aromatic rings. The van der Waals surface area contributed by atoms with Crippen LogP contribution in [0.1, 0.15) is 11.3 Å². The maximum Gasteiger partial charge on any atom is 0.124 e. The van der Waals surface area contributed by atoms with E-state index in [1.165, 1.54) is 12.1 Å². The summed E-state index contributed by atoms with van der Waals surface area (Å²) in [6, 6.07) is 4.63. The van der Waals surface area contributed by atoms with Gasteiger partial charge in [0.15, 0.2) is 0 Å². The van der Waals surface area contributed by atoms with Crippen molar-refractivity contribution in [3.05, 3.63) is 35.3 Å². The highest BCUT2D eigenvalue weighted by Crippen LogP contribution is 2.30. The van der Waals surface area contributed by atoms with Gasteiger partial charge in [0.2, 0.25) is 0 Å². The Morgan fingerprint density at radius 2 is 2.06 bits per heavy atom. The van der Waals surface area contributed by atoms with Crippen molar-refractivity contribution in [2.75, 3.05) is 19.0 Å². The second kappa shape index (κ2) is 4.30. The maximum atomic E-state index is 13.3. The van der Waals surface area contributed by atoms with Gasteiger partial charge in [-0.1, -0.05) is 0 Å². The van der Waals surface area contributed by atoms with Gasteiger partial charge in [-0.3, -0.25) is 4.98 Å². The molecule has 1 heterocycles. The van der Waals surface area contributed by atoms with Gasteiger partial charge < -0.3 is 10.6 Å². The van der Waals surface area contributed by atoms with Crippen LogP contribution in [0.3, 0.4) is 0 Å². The van der Waals surface area contributed by atoms with Crippen molar-refractivity contribution >= 4 is 16.6 Å². The first-order chi connectivity index (χ1) is 8.04. The lowest BCUT2D eigenvalue weighted by molar-refractivity contribution is 0.629. The van der Waals surface area contributed by atoms with E-state index in [9.17, 15) is 4.39 Å². The molecule has 1 aromatic carbocycles. The highest BCUT2D eigenvalue weighted by molar-refractivity contribution is 5.93. The van der Waals surface area contributed by atoms with Crippen molar-refractivity contribution in [2.45, 2.75) is 13.5 Å². The molecule has 0 aliphatic carbocycles. The summed E-state index contributed by atoms with van der Waals surface area (Å²) in [5.74, 6) is -0.248. The number of nitrogens with zero attached hydrogens (tertiary/aromatic N) is 2. The summed E-state index contributed by atoms with van der Waals surface area (Å²) >= 11 is 0. The summed E-state index contributed by atoms with van der Waals surface area (Å²) in [7, 11) is 3.87. The van der Waals surface area contributed by atoms with E-state index in [1.54, 1.807) is 6.07 Å². The summed E-state index contributed by atoms with van der Waals surface area (Å²) in [6.45, 7) is 2.36. The number of nitrogens with two attached hydrogens (primary N) is 1. The third-order valence-electron chi connectivity index (χ3n) is 2.90. The van der Waals surface area contributed by atoms with Gasteiger partial charge in [0, 0.05) is 26.0 Å². The number of aromatic nitrogens is 1. The van der Waals surface area contributed by atoms with Crippen molar-refractivity contribution in [3.8, 4) is 0 Å². The van der Waals surface area contributed by atoms with Crippen molar-refractivity contribution in [2.24, 2.45) is 5.73 Å². The van der Waals surface area contributed by atoms with Crippen LogP contribution in [0.4, 0.5) is 10.1 Å². The van der Waals surface area contributed by atoms with Gasteiger partial charge >= 0.3 is 0 Å².